The fourth-order valence-electron chi connectivity index (χ4n) is 1.08. The van der Waals surface area contributed by atoms with Crippen molar-refractivity contribution in [2.45, 2.75) is 26.7 Å². The molecule has 0 bridgehead atoms. The lowest BCUT2D eigenvalue weighted by molar-refractivity contribution is 0.875. The number of hydrogen-bond donors (Lipinski definition) is 1. The number of halogens is 1. The highest BCUT2D eigenvalue weighted by molar-refractivity contribution is 9.10. The van der Waals surface area contributed by atoms with Crippen LogP contribution in [0.1, 0.15) is 25.2 Å². The summed E-state index contributed by atoms with van der Waals surface area (Å²) in [5, 5.41) is 0. The molecule has 0 unspecified atom stereocenters. The van der Waals surface area contributed by atoms with E-state index in [4.69, 9.17) is 0 Å². The number of aryl methyl sites for hydroxylation is 2. The van der Waals surface area contributed by atoms with Gasteiger partial charge in [-0.15, -0.1) is 0 Å². The van der Waals surface area contributed by atoms with E-state index in [0.29, 0.717) is 4.60 Å². The molecule has 1 rings (SSSR count). The number of nitrogens with one attached hydrogen (secondary N) is 1. The number of rotatable bonds is 2. The Hall–Kier alpha value is -0.640. The normalized spacial score (nSPS) is 10.2. The average molecular weight is 231 g/mol. The summed E-state index contributed by atoms with van der Waals surface area (Å²) in [7, 11) is 0. The molecule has 1 aromatic rings. The molecule has 0 aromatic carbocycles. The molecule has 0 aliphatic rings. The van der Waals surface area contributed by atoms with Gasteiger partial charge in [-0.05, 0) is 28.8 Å². The number of hydrogen-bond acceptors (Lipinski definition) is 2. The highest BCUT2D eigenvalue weighted by Gasteiger charge is 2.04. The first-order valence-electron chi connectivity index (χ1n) is 3.96. The number of nitrogens with zero attached hydrogens (tertiary/aromatic N) is 1. The summed E-state index contributed by atoms with van der Waals surface area (Å²) in [6.45, 7) is 4.02. The van der Waals surface area contributed by atoms with E-state index >= 15 is 0 Å². The van der Waals surface area contributed by atoms with Gasteiger partial charge in [-0.1, -0.05) is 13.8 Å². The van der Waals surface area contributed by atoms with E-state index < -0.39 is 0 Å². The SMILES string of the molecule is CCc1nc(Br)c(=O)[nH]c1CC. The van der Waals surface area contributed by atoms with Crippen LogP contribution < -0.4 is 5.56 Å². The van der Waals surface area contributed by atoms with Crippen LogP contribution >= 0.6 is 15.9 Å². The van der Waals surface area contributed by atoms with Crippen LogP contribution in [0.25, 0.3) is 0 Å². The summed E-state index contributed by atoms with van der Waals surface area (Å²) in [5.74, 6) is 0. The van der Waals surface area contributed by atoms with E-state index in [0.717, 1.165) is 24.2 Å². The second kappa shape index (κ2) is 3.85. The maximum Gasteiger partial charge on any atom is 0.281 e. The Morgan fingerprint density at radius 3 is 2.58 bits per heavy atom. The van der Waals surface area contributed by atoms with Crippen LogP contribution in [0.15, 0.2) is 9.40 Å². The fraction of sp³-hybridized carbons (Fsp3) is 0.500. The lowest BCUT2D eigenvalue weighted by Gasteiger charge is -2.03. The van der Waals surface area contributed by atoms with Gasteiger partial charge in [0.2, 0.25) is 0 Å². The third-order valence-corrected chi connectivity index (χ3v) is 2.26. The minimum absolute atomic E-state index is 0.149. The molecule has 0 atom stereocenters. The Balaban J connectivity index is 3.29. The monoisotopic (exact) mass is 230 g/mol. The van der Waals surface area contributed by atoms with Crippen LogP contribution in [-0.4, -0.2) is 9.97 Å². The van der Waals surface area contributed by atoms with Gasteiger partial charge in [0.25, 0.3) is 5.56 Å². The van der Waals surface area contributed by atoms with Crippen molar-refractivity contribution in [2.75, 3.05) is 0 Å². The van der Waals surface area contributed by atoms with Crippen molar-refractivity contribution in [1.29, 1.82) is 0 Å². The zero-order chi connectivity index (χ0) is 9.14. The predicted octanol–water partition coefficient (Wildman–Crippen LogP) is 1.66. The molecule has 0 aliphatic carbocycles. The predicted molar refractivity (Wildman–Crippen MR) is 51.3 cm³/mol. The molecule has 3 nitrogen and oxygen atoms in total. The summed E-state index contributed by atoms with van der Waals surface area (Å²) in [4.78, 5) is 18.0. The Kier molecular flexibility index (Phi) is 3.03. The van der Waals surface area contributed by atoms with Crippen LogP contribution in [0, 0.1) is 0 Å². The van der Waals surface area contributed by atoms with Crippen LogP contribution in [0.4, 0.5) is 0 Å². The Bertz CT molecular complexity index is 332. The zero-order valence-electron chi connectivity index (χ0n) is 7.15. The Morgan fingerprint density at radius 2 is 2.08 bits per heavy atom. The van der Waals surface area contributed by atoms with Crippen LogP contribution in [0.3, 0.4) is 0 Å². The summed E-state index contributed by atoms with van der Waals surface area (Å²) in [6, 6.07) is 0. The second-order valence-corrected chi connectivity index (χ2v) is 3.24. The van der Waals surface area contributed by atoms with Crippen molar-refractivity contribution in [3.05, 3.63) is 26.3 Å². The second-order valence-electron chi connectivity index (χ2n) is 2.49. The first-order chi connectivity index (χ1) is 5.69. The van der Waals surface area contributed by atoms with Crippen LogP contribution in [0.5, 0.6) is 0 Å². The molecule has 0 spiro atoms. The summed E-state index contributed by atoms with van der Waals surface area (Å²) in [6.07, 6.45) is 1.66. The van der Waals surface area contributed by atoms with E-state index in [2.05, 4.69) is 25.9 Å². The van der Waals surface area contributed by atoms with Crippen LogP contribution in [-0.2, 0) is 12.8 Å². The van der Waals surface area contributed by atoms with E-state index in [-0.39, 0.29) is 5.56 Å². The third kappa shape index (κ3) is 1.75. The lowest BCUT2D eigenvalue weighted by Crippen LogP contribution is -2.14. The van der Waals surface area contributed by atoms with Gasteiger partial charge in [0.15, 0.2) is 4.60 Å². The molecule has 0 radical (unpaired) electrons. The molecule has 1 heterocycles. The summed E-state index contributed by atoms with van der Waals surface area (Å²) in [5.41, 5.74) is 1.75. The molecule has 4 heteroatoms. The molecule has 66 valence electrons. The Labute approximate surface area is 79.4 Å². The van der Waals surface area contributed by atoms with Gasteiger partial charge >= 0.3 is 0 Å². The van der Waals surface area contributed by atoms with E-state index in [9.17, 15) is 4.79 Å². The smallest absolute Gasteiger partial charge is 0.281 e. The summed E-state index contributed by atoms with van der Waals surface area (Å²) >= 11 is 3.10. The molecule has 0 amide bonds. The highest BCUT2D eigenvalue weighted by atomic mass is 79.9. The molecule has 12 heavy (non-hydrogen) atoms. The van der Waals surface area contributed by atoms with Crippen molar-refractivity contribution in [2.24, 2.45) is 0 Å². The quantitative estimate of drug-likeness (QED) is 0.841. The molecule has 1 aromatic heterocycles. The maximum atomic E-state index is 11.1. The van der Waals surface area contributed by atoms with Crippen molar-refractivity contribution >= 4 is 15.9 Å². The number of H-pyrrole nitrogens is 1. The van der Waals surface area contributed by atoms with Gasteiger partial charge in [-0.2, -0.15) is 0 Å². The minimum atomic E-state index is -0.149. The van der Waals surface area contributed by atoms with Crippen molar-refractivity contribution in [3.8, 4) is 0 Å². The first-order valence-corrected chi connectivity index (χ1v) is 4.75. The fourth-order valence-corrected chi connectivity index (χ4v) is 1.40. The van der Waals surface area contributed by atoms with Crippen molar-refractivity contribution in [1.82, 2.24) is 9.97 Å². The average Bonchev–Trinajstić information content (AvgIpc) is 2.09. The lowest BCUT2D eigenvalue weighted by atomic mass is 10.2. The molecule has 0 saturated carbocycles. The van der Waals surface area contributed by atoms with Gasteiger partial charge in [0.1, 0.15) is 0 Å². The van der Waals surface area contributed by atoms with E-state index in [1.807, 2.05) is 13.8 Å². The van der Waals surface area contributed by atoms with Gasteiger partial charge in [0.05, 0.1) is 5.69 Å². The molecule has 0 aliphatic heterocycles. The van der Waals surface area contributed by atoms with Crippen molar-refractivity contribution < 1.29 is 0 Å². The van der Waals surface area contributed by atoms with Gasteiger partial charge in [0, 0.05) is 5.69 Å². The highest BCUT2D eigenvalue weighted by Crippen LogP contribution is 2.06. The largest absolute Gasteiger partial charge is 0.322 e. The van der Waals surface area contributed by atoms with E-state index in [1.165, 1.54) is 0 Å². The topological polar surface area (TPSA) is 45.8 Å². The molecule has 1 N–H and O–H groups in total. The molecular formula is C8H11BrN2O. The van der Waals surface area contributed by atoms with Gasteiger partial charge < -0.3 is 4.98 Å². The number of aromatic nitrogens is 2. The Morgan fingerprint density at radius 1 is 1.42 bits per heavy atom. The van der Waals surface area contributed by atoms with E-state index in [1.54, 1.807) is 0 Å². The summed E-state index contributed by atoms with van der Waals surface area (Å²) < 4.78 is 0.372. The van der Waals surface area contributed by atoms with Gasteiger partial charge in [-0.3, -0.25) is 4.79 Å². The zero-order valence-corrected chi connectivity index (χ0v) is 8.73. The molecular weight excluding hydrogens is 220 g/mol. The standard InChI is InChI=1S/C8H11BrN2O/c1-3-5-6(4-2)11-8(12)7(9)10-5/h3-4H2,1-2H3,(H,11,12). The maximum absolute atomic E-state index is 11.1. The van der Waals surface area contributed by atoms with Crippen molar-refractivity contribution in [3.63, 3.8) is 0 Å². The third-order valence-electron chi connectivity index (χ3n) is 1.72. The van der Waals surface area contributed by atoms with Crippen LogP contribution in [0.2, 0.25) is 0 Å². The minimum Gasteiger partial charge on any atom is -0.322 e. The molecule has 0 fully saturated rings. The first kappa shape index (κ1) is 9.45. The molecule has 0 saturated heterocycles. The van der Waals surface area contributed by atoms with Gasteiger partial charge in [-0.25, -0.2) is 4.98 Å². The number of aromatic amines is 1.